The van der Waals surface area contributed by atoms with Crippen molar-refractivity contribution in [2.75, 3.05) is 13.1 Å². The van der Waals surface area contributed by atoms with Crippen LogP contribution in [0.15, 0.2) is 59.7 Å². The Kier molecular flexibility index (Phi) is 29.1. The smallest absolute Gasteiger partial charge is 0.326 e. The number of aliphatic imine (C=N–C) groups is 1. The van der Waals surface area contributed by atoms with E-state index in [1.54, 1.807) is 70.3 Å². The van der Waals surface area contributed by atoms with E-state index >= 15 is 4.79 Å². The second-order valence-electron chi connectivity index (χ2n) is 24.8. The zero-order valence-electron chi connectivity index (χ0n) is 53.4. The number of aromatic nitrogens is 1. The molecule has 0 radical (unpaired) electrons. The minimum absolute atomic E-state index is 0.0140. The standard InChI is InChI=1S/C62H95N15O14/c1-31(2)26-40(63)52(81)71-44(27-32(3)4)54(83)74-50(34(7)8)58(87)75-49(33(5)6)57(86)73-46(28-36-18-20-38(79)21-19-36)60(89)77-25-13-17-47(77)56(85)72-45(29-37-30-68-41-15-11-10-14-39(37)41)55(84)76-51(35(9)78)59(88)69-42(22-23-48(64)80)53(82)70-43(61(90)91)16-12-24-67-62(65)66/h10-11,14-15,18-21,30-35,40,42-47,49-51,68,78-79H,12-13,16-17,22-29,63H2,1-9H3,(H2,64,80)(H,69,88)(H,70,82)(H,71,81)(H,72,85)(H,73,86)(H,74,83)(H,75,87)(H,76,84)(H,90,91)(H4,65,66,67)/t35-,40+,42+,43+,44+,45+,46+,47+,49+,50+,51+/m1/s1. The summed E-state index contributed by atoms with van der Waals surface area (Å²) in [7, 11) is 0. The Hall–Kier alpha value is -8.86. The number of nitrogens with zero attached hydrogens (tertiary/aromatic N) is 2. The van der Waals surface area contributed by atoms with Crippen LogP contribution in [0.5, 0.6) is 5.75 Å². The average Bonchev–Trinajstić information content (AvgIpc) is 1.81. The molecule has 0 spiro atoms. The third kappa shape index (κ3) is 23.5. The number of carbonyl (C=O) groups is 11. The van der Waals surface area contributed by atoms with E-state index in [4.69, 9.17) is 22.9 Å². The number of amides is 10. The van der Waals surface area contributed by atoms with Crippen LogP contribution in [0.3, 0.4) is 0 Å². The summed E-state index contributed by atoms with van der Waals surface area (Å²) in [5.41, 5.74) is 24.0. The van der Waals surface area contributed by atoms with Crippen LogP contribution in [0.25, 0.3) is 10.9 Å². The molecule has 1 fully saturated rings. The van der Waals surface area contributed by atoms with Crippen LogP contribution >= 0.6 is 0 Å². The first-order valence-corrected chi connectivity index (χ1v) is 30.8. The number of aromatic hydroxyl groups is 1. The fourth-order valence-electron chi connectivity index (χ4n) is 10.5. The molecule has 3 aromatic rings. The Morgan fingerprint density at radius 1 is 0.615 bits per heavy atom. The molecule has 4 rings (SSSR count). The number of phenolic OH excluding ortho intramolecular Hbond substituents is 1. The number of hydrogen-bond donors (Lipinski definition) is 16. The molecule has 29 heteroatoms. The van der Waals surface area contributed by atoms with Gasteiger partial charge in [0.2, 0.25) is 59.1 Å². The van der Waals surface area contributed by atoms with Crippen molar-refractivity contribution in [1.29, 1.82) is 0 Å². The van der Waals surface area contributed by atoms with E-state index in [9.17, 15) is 63.3 Å². The van der Waals surface area contributed by atoms with Crippen LogP contribution in [0.2, 0.25) is 0 Å². The number of fused-ring (bicyclic) bond motifs is 1. The van der Waals surface area contributed by atoms with Gasteiger partial charge in [-0.05, 0) is 105 Å². The van der Waals surface area contributed by atoms with E-state index in [2.05, 4.69) is 52.5 Å². The molecule has 0 saturated carbocycles. The SMILES string of the molecule is CC(C)C[C@H](NC(=O)[C@@H](N)CC(C)C)C(=O)N[C@H](C(=O)N[C@H](C(=O)N[C@@H](Cc1ccc(O)cc1)C(=O)N1CCC[C@H]1C(=O)N[C@@H](Cc1c[nH]c2ccccc12)C(=O)N[C@H](C(=O)N[C@@H](CCC(N)=O)C(=O)N[C@@H](CCCN=C(N)N)C(=O)O)[C@@H](C)O)C(C)C)C(C)C. The Morgan fingerprint density at radius 2 is 1.15 bits per heavy atom. The highest BCUT2D eigenvalue weighted by molar-refractivity contribution is 5.99. The molecule has 11 atom stereocenters. The average molecular weight is 1270 g/mol. The Bertz CT molecular complexity index is 3040. The predicted molar refractivity (Wildman–Crippen MR) is 338 cm³/mol. The van der Waals surface area contributed by atoms with E-state index in [0.717, 1.165) is 0 Å². The van der Waals surface area contributed by atoms with Crippen LogP contribution in [0.1, 0.15) is 125 Å². The summed E-state index contributed by atoms with van der Waals surface area (Å²) in [5, 5.41) is 52.8. The van der Waals surface area contributed by atoms with Gasteiger partial charge in [-0.3, -0.25) is 52.9 Å². The highest BCUT2D eigenvalue weighted by Crippen LogP contribution is 2.24. The van der Waals surface area contributed by atoms with Crippen molar-refractivity contribution in [3.05, 3.63) is 65.9 Å². The van der Waals surface area contributed by atoms with Gasteiger partial charge in [-0.25, -0.2) is 4.79 Å². The van der Waals surface area contributed by atoms with E-state index in [-0.39, 0.29) is 75.2 Å². The summed E-state index contributed by atoms with van der Waals surface area (Å²) in [6.45, 7) is 15.5. The summed E-state index contributed by atoms with van der Waals surface area (Å²) < 4.78 is 0. The monoisotopic (exact) mass is 1270 g/mol. The van der Waals surface area contributed by atoms with Gasteiger partial charge >= 0.3 is 5.97 Å². The van der Waals surface area contributed by atoms with Crippen LogP contribution in [0, 0.1) is 23.7 Å². The van der Waals surface area contributed by atoms with Gasteiger partial charge in [-0.1, -0.05) is 85.7 Å². The Labute approximate surface area is 529 Å². The van der Waals surface area contributed by atoms with Gasteiger partial charge in [0, 0.05) is 49.5 Å². The molecule has 0 unspecified atom stereocenters. The molecule has 29 nitrogen and oxygen atoms in total. The number of primary amides is 1. The fourth-order valence-corrected chi connectivity index (χ4v) is 10.5. The zero-order chi connectivity index (χ0) is 68.0. The number of aliphatic carboxylic acids is 1. The van der Waals surface area contributed by atoms with E-state index < -0.39 is 156 Å². The first kappa shape index (κ1) is 74.6. The van der Waals surface area contributed by atoms with Gasteiger partial charge in [0.15, 0.2) is 5.96 Å². The number of carboxylic acid groups (broad SMARTS) is 1. The van der Waals surface area contributed by atoms with Gasteiger partial charge in [0.25, 0.3) is 0 Å². The Balaban J connectivity index is 1.63. The largest absolute Gasteiger partial charge is 0.508 e. The molecule has 91 heavy (non-hydrogen) atoms. The maximum Gasteiger partial charge on any atom is 0.326 e. The number of H-pyrrole nitrogens is 1. The van der Waals surface area contributed by atoms with Crippen molar-refractivity contribution in [3.8, 4) is 5.75 Å². The number of aromatic amines is 1. The minimum atomic E-state index is -1.84. The first-order chi connectivity index (χ1) is 42.8. The molecular formula is C62H95N15O14. The number of phenols is 1. The molecule has 1 aliphatic rings. The number of rotatable bonds is 36. The van der Waals surface area contributed by atoms with Crippen LogP contribution in [0.4, 0.5) is 0 Å². The number of carbonyl (C=O) groups excluding carboxylic acids is 10. The number of nitrogens with one attached hydrogen (secondary N) is 9. The summed E-state index contributed by atoms with van der Waals surface area (Å²) in [6, 6.07) is -0.569. The number of aliphatic hydroxyl groups is 1. The Morgan fingerprint density at radius 3 is 1.74 bits per heavy atom. The number of para-hydroxylation sites is 1. The molecule has 1 aliphatic heterocycles. The number of benzene rings is 2. The van der Waals surface area contributed by atoms with Crippen LogP contribution in [-0.2, 0) is 65.6 Å². The molecule has 2 aromatic carbocycles. The van der Waals surface area contributed by atoms with Gasteiger partial charge in [-0.15, -0.1) is 0 Å². The van der Waals surface area contributed by atoms with Gasteiger partial charge in [0.1, 0.15) is 60.1 Å². The quantitative estimate of drug-likeness (QED) is 0.0189. The second-order valence-corrected chi connectivity index (χ2v) is 24.8. The van der Waals surface area contributed by atoms with E-state index in [1.807, 2.05) is 27.7 Å². The third-order valence-corrected chi connectivity index (χ3v) is 15.4. The number of hydrogen-bond acceptors (Lipinski definition) is 15. The second kappa shape index (κ2) is 35.5. The number of likely N-dealkylation sites (tertiary alicyclic amines) is 1. The minimum Gasteiger partial charge on any atom is -0.508 e. The van der Waals surface area contributed by atoms with E-state index in [1.165, 1.54) is 24.0 Å². The predicted octanol–water partition coefficient (Wildman–Crippen LogP) is -0.956. The zero-order valence-corrected chi connectivity index (χ0v) is 53.4. The molecule has 2 heterocycles. The van der Waals surface area contributed by atoms with Crippen molar-refractivity contribution >= 4 is 81.9 Å². The van der Waals surface area contributed by atoms with Crippen molar-refractivity contribution in [2.24, 2.45) is 51.6 Å². The molecule has 1 saturated heterocycles. The number of guanidine groups is 1. The van der Waals surface area contributed by atoms with Gasteiger partial charge < -0.3 is 90.7 Å². The van der Waals surface area contributed by atoms with Gasteiger partial charge in [-0.2, -0.15) is 0 Å². The topological polar surface area (TPSA) is 480 Å². The highest BCUT2D eigenvalue weighted by atomic mass is 16.4. The van der Waals surface area contributed by atoms with Crippen molar-refractivity contribution in [1.82, 2.24) is 52.4 Å². The van der Waals surface area contributed by atoms with Crippen molar-refractivity contribution in [2.45, 2.75) is 193 Å². The lowest BCUT2D eigenvalue weighted by Gasteiger charge is -2.32. The normalized spacial score (nSPS) is 16.4. The molecule has 20 N–H and O–H groups in total. The maximum atomic E-state index is 15.1. The third-order valence-electron chi connectivity index (χ3n) is 15.4. The lowest BCUT2D eigenvalue weighted by atomic mass is 9.97. The number of nitrogens with two attached hydrogens (primary N) is 4. The summed E-state index contributed by atoms with van der Waals surface area (Å²) in [4.78, 5) is 160. The molecule has 1 aromatic heterocycles. The number of carboxylic acids is 1. The lowest BCUT2D eigenvalue weighted by Crippen LogP contribution is -2.62. The number of aliphatic hydroxyl groups excluding tert-OH is 1. The van der Waals surface area contributed by atoms with E-state index in [0.29, 0.717) is 34.9 Å². The highest BCUT2D eigenvalue weighted by Gasteiger charge is 2.42. The molecular weight excluding hydrogens is 1180 g/mol. The van der Waals surface area contributed by atoms with Crippen molar-refractivity contribution in [3.63, 3.8) is 0 Å². The molecule has 0 aliphatic carbocycles. The molecule has 10 amide bonds. The molecule has 502 valence electrons. The first-order valence-electron chi connectivity index (χ1n) is 30.8. The van der Waals surface area contributed by atoms with Crippen LogP contribution < -0.4 is 65.5 Å². The lowest BCUT2D eigenvalue weighted by molar-refractivity contribution is -0.143. The summed E-state index contributed by atoms with van der Waals surface area (Å²) in [6.07, 6.45) is -0.326. The van der Waals surface area contributed by atoms with Crippen LogP contribution in [-0.4, -0.2) is 176 Å². The fraction of sp³-hybridized carbons (Fsp3) is 0.581. The molecule has 0 bridgehead atoms. The summed E-state index contributed by atoms with van der Waals surface area (Å²) >= 11 is 0. The van der Waals surface area contributed by atoms with Gasteiger partial charge in [0.05, 0.1) is 12.1 Å². The van der Waals surface area contributed by atoms with Crippen molar-refractivity contribution < 1.29 is 68.1 Å². The maximum absolute atomic E-state index is 15.1. The summed E-state index contributed by atoms with van der Waals surface area (Å²) in [5.74, 6) is -11.0.